The number of nitrogens with one attached hydrogen (secondary N) is 1. The number of aromatic amines is 1. The van der Waals surface area contributed by atoms with Crippen LogP contribution in [-0.2, 0) is 6.18 Å². The summed E-state index contributed by atoms with van der Waals surface area (Å²) < 4.78 is 43.3. The zero-order chi connectivity index (χ0) is 15.6. The first-order chi connectivity index (χ1) is 9.75. The Morgan fingerprint density at radius 1 is 1.24 bits per heavy atom. The second kappa shape index (κ2) is 5.55. The minimum atomic E-state index is -4.73. The molecule has 0 aliphatic carbocycles. The number of aromatic nitrogens is 3. The molecule has 0 saturated carbocycles. The lowest BCUT2D eigenvalue weighted by Gasteiger charge is -2.11. The third-order valence-electron chi connectivity index (χ3n) is 2.39. The van der Waals surface area contributed by atoms with Gasteiger partial charge < -0.3 is 9.72 Å². The second-order valence-corrected chi connectivity index (χ2v) is 4.55. The van der Waals surface area contributed by atoms with Gasteiger partial charge in [0.05, 0.1) is 18.0 Å². The number of rotatable bonds is 3. The Hall–Kier alpha value is -2.38. The SMILES string of the molecule is CC(C)Oc1cncc(-c2cc(=O)[nH]c(C(F)(F)F)n2)c1. The fourth-order valence-electron chi connectivity index (χ4n) is 1.64. The molecular formula is C13H12F3N3O2. The fourth-order valence-corrected chi connectivity index (χ4v) is 1.64. The monoisotopic (exact) mass is 299 g/mol. The Balaban J connectivity index is 2.47. The summed E-state index contributed by atoms with van der Waals surface area (Å²) in [7, 11) is 0. The molecule has 1 N–H and O–H groups in total. The molecule has 2 rings (SSSR count). The first kappa shape index (κ1) is 15.0. The predicted molar refractivity (Wildman–Crippen MR) is 68.9 cm³/mol. The summed E-state index contributed by atoms with van der Waals surface area (Å²) in [5, 5.41) is 0. The van der Waals surface area contributed by atoms with Crippen LogP contribution in [0.15, 0.2) is 29.3 Å². The van der Waals surface area contributed by atoms with Gasteiger partial charge in [0, 0.05) is 17.8 Å². The van der Waals surface area contributed by atoms with Crippen molar-refractivity contribution in [2.45, 2.75) is 26.1 Å². The zero-order valence-electron chi connectivity index (χ0n) is 11.2. The number of alkyl halides is 3. The molecule has 21 heavy (non-hydrogen) atoms. The molecule has 5 nitrogen and oxygen atoms in total. The van der Waals surface area contributed by atoms with E-state index in [0.29, 0.717) is 5.75 Å². The van der Waals surface area contributed by atoms with Crippen LogP contribution in [0.4, 0.5) is 13.2 Å². The van der Waals surface area contributed by atoms with Gasteiger partial charge in [0.2, 0.25) is 5.82 Å². The lowest BCUT2D eigenvalue weighted by molar-refractivity contribution is -0.145. The van der Waals surface area contributed by atoms with Crippen molar-refractivity contribution in [1.29, 1.82) is 0 Å². The van der Waals surface area contributed by atoms with Crippen LogP contribution in [0.3, 0.4) is 0 Å². The summed E-state index contributed by atoms with van der Waals surface area (Å²) in [6.45, 7) is 3.61. The van der Waals surface area contributed by atoms with Crippen molar-refractivity contribution in [3.63, 3.8) is 0 Å². The average Bonchev–Trinajstić information content (AvgIpc) is 2.36. The highest BCUT2D eigenvalue weighted by Crippen LogP contribution is 2.27. The van der Waals surface area contributed by atoms with E-state index in [1.54, 1.807) is 18.8 Å². The molecule has 2 aromatic heterocycles. The maximum absolute atomic E-state index is 12.6. The number of hydrogen-bond donors (Lipinski definition) is 1. The van der Waals surface area contributed by atoms with Crippen LogP contribution in [0.1, 0.15) is 19.7 Å². The van der Waals surface area contributed by atoms with Crippen LogP contribution in [0, 0.1) is 0 Å². The summed E-state index contributed by atoms with van der Waals surface area (Å²) in [6.07, 6.45) is -2.09. The van der Waals surface area contributed by atoms with Crippen LogP contribution in [-0.4, -0.2) is 21.1 Å². The summed E-state index contributed by atoms with van der Waals surface area (Å²) in [5.74, 6) is -0.960. The third kappa shape index (κ3) is 3.80. The number of halogens is 3. The van der Waals surface area contributed by atoms with Gasteiger partial charge in [0.15, 0.2) is 0 Å². The van der Waals surface area contributed by atoms with E-state index in [9.17, 15) is 18.0 Å². The summed E-state index contributed by atoms with van der Waals surface area (Å²) in [5.41, 5.74) is -0.736. The van der Waals surface area contributed by atoms with Crippen LogP contribution < -0.4 is 10.3 Å². The first-order valence-corrected chi connectivity index (χ1v) is 6.06. The molecule has 0 radical (unpaired) electrons. The van der Waals surface area contributed by atoms with Crippen molar-refractivity contribution in [2.24, 2.45) is 0 Å². The molecule has 2 heterocycles. The molecule has 112 valence electrons. The molecule has 0 aliphatic rings. The lowest BCUT2D eigenvalue weighted by Crippen LogP contribution is -2.18. The molecule has 0 spiro atoms. The van der Waals surface area contributed by atoms with Gasteiger partial charge in [-0.25, -0.2) is 4.98 Å². The van der Waals surface area contributed by atoms with E-state index >= 15 is 0 Å². The Morgan fingerprint density at radius 2 is 1.95 bits per heavy atom. The number of nitrogens with zero attached hydrogens (tertiary/aromatic N) is 2. The van der Waals surface area contributed by atoms with Crippen molar-refractivity contribution < 1.29 is 17.9 Å². The van der Waals surface area contributed by atoms with Gasteiger partial charge in [-0.2, -0.15) is 13.2 Å². The zero-order valence-corrected chi connectivity index (χ0v) is 11.2. The van der Waals surface area contributed by atoms with Crippen molar-refractivity contribution in [3.8, 4) is 17.0 Å². The van der Waals surface area contributed by atoms with Crippen molar-refractivity contribution >= 4 is 0 Å². The van der Waals surface area contributed by atoms with Gasteiger partial charge >= 0.3 is 6.18 Å². The highest BCUT2D eigenvalue weighted by atomic mass is 19.4. The number of H-pyrrole nitrogens is 1. The highest BCUT2D eigenvalue weighted by molar-refractivity contribution is 5.59. The summed E-state index contributed by atoms with van der Waals surface area (Å²) >= 11 is 0. The van der Waals surface area contributed by atoms with Crippen LogP contribution in [0.2, 0.25) is 0 Å². The molecule has 0 fully saturated rings. The van der Waals surface area contributed by atoms with Crippen LogP contribution >= 0.6 is 0 Å². The fraction of sp³-hybridized carbons (Fsp3) is 0.308. The molecule has 0 atom stereocenters. The highest BCUT2D eigenvalue weighted by Gasteiger charge is 2.34. The predicted octanol–water partition coefficient (Wildman–Crippen LogP) is 2.64. The van der Waals surface area contributed by atoms with Gasteiger partial charge in [-0.3, -0.25) is 9.78 Å². The van der Waals surface area contributed by atoms with E-state index in [4.69, 9.17) is 4.74 Å². The Kier molecular flexibility index (Phi) is 3.97. The molecule has 0 aromatic carbocycles. The largest absolute Gasteiger partial charge is 0.489 e. The van der Waals surface area contributed by atoms with E-state index in [0.717, 1.165) is 6.07 Å². The van der Waals surface area contributed by atoms with E-state index in [2.05, 4.69) is 9.97 Å². The Bertz CT molecular complexity index is 696. The van der Waals surface area contributed by atoms with E-state index in [1.165, 1.54) is 18.5 Å². The van der Waals surface area contributed by atoms with E-state index in [1.807, 2.05) is 0 Å². The van der Waals surface area contributed by atoms with Gasteiger partial charge in [0.25, 0.3) is 5.56 Å². The molecular weight excluding hydrogens is 287 g/mol. The molecule has 0 bridgehead atoms. The van der Waals surface area contributed by atoms with E-state index < -0.39 is 17.6 Å². The van der Waals surface area contributed by atoms with Gasteiger partial charge in [-0.05, 0) is 19.9 Å². The topological polar surface area (TPSA) is 67.9 Å². The average molecular weight is 299 g/mol. The molecule has 8 heteroatoms. The smallest absolute Gasteiger partial charge is 0.449 e. The van der Waals surface area contributed by atoms with Gasteiger partial charge in [-0.1, -0.05) is 0 Å². The molecule has 0 aliphatic heterocycles. The van der Waals surface area contributed by atoms with Crippen molar-refractivity contribution in [2.75, 3.05) is 0 Å². The van der Waals surface area contributed by atoms with E-state index in [-0.39, 0.29) is 17.4 Å². The Labute approximate surface area is 117 Å². The summed E-state index contributed by atoms with van der Waals surface area (Å²) in [4.78, 5) is 20.3. The normalized spacial score (nSPS) is 11.7. The second-order valence-electron chi connectivity index (χ2n) is 4.55. The minimum Gasteiger partial charge on any atom is -0.489 e. The van der Waals surface area contributed by atoms with Crippen molar-refractivity contribution in [1.82, 2.24) is 15.0 Å². The molecule has 0 saturated heterocycles. The van der Waals surface area contributed by atoms with Crippen LogP contribution in [0.25, 0.3) is 11.3 Å². The maximum Gasteiger partial charge on any atom is 0.449 e. The standard InChI is InChI=1S/C13H12F3N3O2/c1-7(2)21-9-3-8(5-17-6-9)10-4-11(20)19-12(18-10)13(14,15)16/h3-7H,1-2H3,(H,18,19,20). The molecule has 2 aromatic rings. The van der Waals surface area contributed by atoms with Gasteiger partial charge in [0.1, 0.15) is 5.75 Å². The summed E-state index contributed by atoms with van der Waals surface area (Å²) in [6, 6.07) is 2.46. The molecule has 0 unspecified atom stereocenters. The number of hydrogen-bond acceptors (Lipinski definition) is 4. The maximum atomic E-state index is 12.6. The van der Waals surface area contributed by atoms with Crippen LogP contribution in [0.5, 0.6) is 5.75 Å². The van der Waals surface area contributed by atoms with Gasteiger partial charge in [-0.15, -0.1) is 0 Å². The number of ether oxygens (including phenoxy) is 1. The lowest BCUT2D eigenvalue weighted by atomic mass is 10.2. The quantitative estimate of drug-likeness (QED) is 0.946. The minimum absolute atomic E-state index is 0.111. The Morgan fingerprint density at radius 3 is 2.57 bits per heavy atom. The number of pyridine rings is 1. The first-order valence-electron chi connectivity index (χ1n) is 6.06. The third-order valence-corrected chi connectivity index (χ3v) is 2.39. The molecule has 0 amide bonds. The van der Waals surface area contributed by atoms with Crippen molar-refractivity contribution in [3.05, 3.63) is 40.7 Å².